The molecular formula is C19H21ClN4O2. The maximum absolute atomic E-state index is 12.7. The van der Waals surface area contributed by atoms with E-state index in [1.165, 1.54) is 0 Å². The van der Waals surface area contributed by atoms with E-state index in [1.807, 2.05) is 10.7 Å². The second kappa shape index (κ2) is 7.11. The summed E-state index contributed by atoms with van der Waals surface area (Å²) in [4.78, 5) is 28.9. The van der Waals surface area contributed by atoms with Crippen LogP contribution in [0.3, 0.4) is 0 Å². The van der Waals surface area contributed by atoms with Gasteiger partial charge in [0.25, 0.3) is 11.8 Å². The van der Waals surface area contributed by atoms with E-state index in [-0.39, 0.29) is 11.8 Å². The lowest BCUT2D eigenvalue weighted by Gasteiger charge is -2.34. The van der Waals surface area contributed by atoms with Crippen LogP contribution in [0.15, 0.2) is 30.3 Å². The number of amides is 2. The van der Waals surface area contributed by atoms with Crippen LogP contribution in [0.5, 0.6) is 0 Å². The van der Waals surface area contributed by atoms with Crippen LogP contribution in [0.25, 0.3) is 0 Å². The molecule has 136 valence electrons. The second-order valence-corrected chi connectivity index (χ2v) is 7.23. The van der Waals surface area contributed by atoms with E-state index in [4.69, 9.17) is 11.6 Å². The zero-order chi connectivity index (χ0) is 18.1. The van der Waals surface area contributed by atoms with Gasteiger partial charge in [0, 0.05) is 49.0 Å². The molecule has 0 saturated carbocycles. The molecule has 1 aromatic heterocycles. The fourth-order valence-corrected chi connectivity index (χ4v) is 3.79. The SMILES string of the molecule is O=C(c1cccc(Cl)c1)N1CCN(C(=O)c2cc3n(n2)CCCC3)CC1. The lowest BCUT2D eigenvalue weighted by atomic mass is 10.1. The van der Waals surface area contributed by atoms with Gasteiger partial charge in [-0.3, -0.25) is 14.3 Å². The smallest absolute Gasteiger partial charge is 0.274 e. The van der Waals surface area contributed by atoms with Crippen LogP contribution in [0, 0.1) is 0 Å². The quantitative estimate of drug-likeness (QED) is 0.813. The first-order valence-electron chi connectivity index (χ1n) is 9.03. The number of hydrogen-bond acceptors (Lipinski definition) is 3. The number of benzene rings is 1. The molecular weight excluding hydrogens is 352 g/mol. The van der Waals surface area contributed by atoms with Crippen LogP contribution in [0.1, 0.15) is 39.4 Å². The summed E-state index contributed by atoms with van der Waals surface area (Å²) in [5, 5.41) is 5.02. The van der Waals surface area contributed by atoms with E-state index in [0.29, 0.717) is 42.5 Å². The fraction of sp³-hybridized carbons (Fsp3) is 0.421. The molecule has 2 aliphatic heterocycles. The van der Waals surface area contributed by atoms with Gasteiger partial charge in [0.05, 0.1) is 0 Å². The zero-order valence-electron chi connectivity index (χ0n) is 14.5. The second-order valence-electron chi connectivity index (χ2n) is 6.80. The number of nitrogens with zero attached hydrogens (tertiary/aromatic N) is 4. The Morgan fingerprint density at radius 2 is 1.65 bits per heavy atom. The zero-order valence-corrected chi connectivity index (χ0v) is 15.3. The normalized spacial score (nSPS) is 17.1. The Balaban J connectivity index is 1.39. The average molecular weight is 373 g/mol. The number of carbonyl (C=O) groups excluding carboxylic acids is 2. The summed E-state index contributed by atoms with van der Waals surface area (Å²) < 4.78 is 1.95. The summed E-state index contributed by atoms with van der Waals surface area (Å²) in [7, 11) is 0. The first kappa shape index (κ1) is 17.1. The van der Waals surface area contributed by atoms with Crippen molar-refractivity contribution >= 4 is 23.4 Å². The van der Waals surface area contributed by atoms with Gasteiger partial charge in [-0.25, -0.2) is 0 Å². The molecule has 6 nitrogen and oxygen atoms in total. The van der Waals surface area contributed by atoms with E-state index in [9.17, 15) is 9.59 Å². The summed E-state index contributed by atoms with van der Waals surface area (Å²) in [5.41, 5.74) is 2.25. The number of rotatable bonds is 2. The summed E-state index contributed by atoms with van der Waals surface area (Å²) in [5.74, 6) is -0.0844. The summed E-state index contributed by atoms with van der Waals surface area (Å²) >= 11 is 5.97. The molecule has 1 saturated heterocycles. The van der Waals surface area contributed by atoms with E-state index < -0.39 is 0 Å². The number of piperazine rings is 1. The molecule has 2 aliphatic rings. The van der Waals surface area contributed by atoms with Crippen molar-refractivity contribution in [2.75, 3.05) is 26.2 Å². The first-order valence-corrected chi connectivity index (χ1v) is 9.40. The van der Waals surface area contributed by atoms with Crippen LogP contribution < -0.4 is 0 Å². The van der Waals surface area contributed by atoms with Crippen LogP contribution >= 0.6 is 11.6 Å². The van der Waals surface area contributed by atoms with E-state index >= 15 is 0 Å². The minimum atomic E-state index is -0.0444. The lowest BCUT2D eigenvalue weighted by molar-refractivity contribution is 0.0532. The van der Waals surface area contributed by atoms with Gasteiger partial charge in [-0.2, -0.15) is 5.10 Å². The van der Waals surface area contributed by atoms with Crippen LogP contribution in [0.2, 0.25) is 5.02 Å². The molecule has 1 aromatic carbocycles. The molecule has 4 rings (SSSR count). The molecule has 0 atom stereocenters. The van der Waals surface area contributed by atoms with Gasteiger partial charge in [0.2, 0.25) is 0 Å². The molecule has 0 bridgehead atoms. The minimum absolute atomic E-state index is 0.0400. The fourth-order valence-electron chi connectivity index (χ4n) is 3.60. The Hall–Kier alpha value is -2.34. The third kappa shape index (κ3) is 3.33. The predicted molar refractivity (Wildman–Crippen MR) is 98.4 cm³/mol. The van der Waals surface area contributed by atoms with Gasteiger partial charge < -0.3 is 9.80 Å². The van der Waals surface area contributed by atoms with Gasteiger partial charge >= 0.3 is 0 Å². The van der Waals surface area contributed by atoms with Crippen molar-refractivity contribution in [1.29, 1.82) is 0 Å². The topological polar surface area (TPSA) is 58.4 Å². The molecule has 0 spiro atoms. The molecule has 0 unspecified atom stereocenters. The molecule has 0 aliphatic carbocycles. The Morgan fingerprint density at radius 1 is 0.923 bits per heavy atom. The largest absolute Gasteiger partial charge is 0.335 e. The van der Waals surface area contributed by atoms with Gasteiger partial charge in [0.15, 0.2) is 5.69 Å². The molecule has 2 amide bonds. The summed E-state index contributed by atoms with van der Waals surface area (Å²) in [6.07, 6.45) is 3.26. The molecule has 0 N–H and O–H groups in total. The molecule has 7 heteroatoms. The third-order valence-electron chi connectivity index (χ3n) is 5.06. The van der Waals surface area contributed by atoms with Crippen molar-refractivity contribution in [3.63, 3.8) is 0 Å². The standard InChI is InChI=1S/C19H21ClN4O2/c20-15-5-3-4-14(12-15)18(25)22-8-10-23(11-9-22)19(26)17-13-16-6-1-2-7-24(16)21-17/h3-5,12-13H,1-2,6-11H2. The van der Waals surface area contributed by atoms with Gasteiger partial charge in [-0.05, 0) is 43.5 Å². The maximum Gasteiger partial charge on any atom is 0.274 e. The monoisotopic (exact) mass is 372 g/mol. The molecule has 1 fully saturated rings. The van der Waals surface area contributed by atoms with Gasteiger partial charge in [-0.1, -0.05) is 17.7 Å². The Bertz CT molecular complexity index is 816. The highest BCUT2D eigenvalue weighted by Crippen LogP contribution is 2.18. The predicted octanol–water partition coefficient (Wildman–Crippen LogP) is 2.47. The van der Waals surface area contributed by atoms with Crippen molar-refractivity contribution in [2.24, 2.45) is 0 Å². The molecule has 26 heavy (non-hydrogen) atoms. The van der Waals surface area contributed by atoms with E-state index in [2.05, 4.69) is 5.10 Å². The highest BCUT2D eigenvalue weighted by Gasteiger charge is 2.27. The molecule has 0 radical (unpaired) electrons. The van der Waals surface area contributed by atoms with Crippen LogP contribution in [-0.4, -0.2) is 57.6 Å². The Morgan fingerprint density at radius 3 is 2.35 bits per heavy atom. The Labute approximate surface area is 157 Å². The number of carbonyl (C=O) groups is 2. The van der Waals surface area contributed by atoms with Crippen molar-refractivity contribution in [1.82, 2.24) is 19.6 Å². The molecule has 3 heterocycles. The maximum atomic E-state index is 12.7. The highest BCUT2D eigenvalue weighted by atomic mass is 35.5. The number of halogens is 1. The van der Waals surface area contributed by atoms with Crippen molar-refractivity contribution in [3.8, 4) is 0 Å². The minimum Gasteiger partial charge on any atom is -0.335 e. The average Bonchev–Trinajstić information content (AvgIpc) is 3.11. The van der Waals surface area contributed by atoms with Crippen LogP contribution in [0.4, 0.5) is 0 Å². The number of fused-ring (bicyclic) bond motifs is 1. The van der Waals surface area contributed by atoms with Crippen molar-refractivity contribution in [2.45, 2.75) is 25.8 Å². The summed E-state index contributed by atoms with van der Waals surface area (Å²) in [6, 6.07) is 8.89. The highest BCUT2D eigenvalue weighted by molar-refractivity contribution is 6.30. The van der Waals surface area contributed by atoms with Crippen molar-refractivity contribution < 1.29 is 9.59 Å². The number of hydrogen-bond donors (Lipinski definition) is 0. The first-order chi connectivity index (χ1) is 12.6. The van der Waals surface area contributed by atoms with Gasteiger partial charge in [0.1, 0.15) is 0 Å². The third-order valence-corrected chi connectivity index (χ3v) is 5.30. The molecule has 2 aromatic rings. The van der Waals surface area contributed by atoms with E-state index in [1.54, 1.807) is 34.1 Å². The summed E-state index contributed by atoms with van der Waals surface area (Å²) in [6.45, 7) is 2.97. The van der Waals surface area contributed by atoms with Crippen molar-refractivity contribution in [3.05, 3.63) is 52.3 Å². The van der Waals surface area contributed by atoms with Crippen LogP contribution in [-0.2, 0) is 13.0 Å². The Kier molecular flexibility index (Phi) is 4.68. The number of aryl methyl sites for hydroxylation is 2. The number of aromatic nitrogens is 2. The lowest BCUT2D eigenvalue weighted by Crippen LogP contribution is -2.50. The van der Waals surface area contributed by atoms with Gasteiger partial charge in [-0.15, -0.1) is 0 Å². The van der Waals surface area contributed by atoms with E-state index in [0.717, 1.165) is 31.5 Å².